The van der Waals surface area contributed by atoms with Crippen molar-refractivity contribution in [1.29, 1.82) is 0 Å². The third-order valence-electron chi connectivity index (χ3n) is 3.30. The van der Waals surface area contributed by atoms with Crippen molar-refractivity contribution in [3.63, 3.8) is 0 Å². The van der Waals surface area contributed by atoms with E-state index in [1.807, 2.05) is 24.3 Å². The van der Waals surface area contributed by atoms with Gasteiger partial charge in [0.05, 0.1) is 0 Å². The van der Waals surface area contributed by atoms with Gasteiger partial charge in [-0.15, -0.1) is 0 Å². The molecule has 1 fully saturated rings. The Balaban J connectivity index is 2.19. The largest absolute Gasteiger partial charge is 0.452 e. The Kier molecular flexibility index (Phi) is 4.86. The number of halogens is 1. The van der Waals surface area contributed by atoms with E-state index in [0.717, 1.165) is 35.9 Å². The summed E-state index contributed by atoms with van der Waals surface area (Å²) in [6.45, 7) is 1.44. The van der Waals surface area contributed by atoms with Crippen LogP contribution in [-0.2, 0) is 9.53 Å². The summed E-state index contributed by atoms with van der Waals surface area (Å²) < 4.78 is 12.5. The minimum atomic E-state index is -0.789. The Morgan fingerprint density at radius 3 is 2.47 bits per heavy atom. The number of hydrogen-bond acceptors (Lipinski definition) is 3. The number of carbonyl (C=O) groups is 1. The molecule has 0 heterocycles. The average molecular weight is 327 g/mol. The zero-order chi connectivity index (χ0) is 13.7. The Morgan fingerprint density at radius 2 is 1.89 bits per heavy atom. The maximum Gasteiger partial charge on any atom is 0.305 e. The molecule has 4 heteroatoms. The van der Waals surface area contributed by atoms with Crippen LogP contribution in [0.5, 0.6) is 5.75 Å². The quantitative estimate of drug-likeness (QED) is 0.468. The van der Waals surface area contributed by atoms with Crippen LogP contribution in [0.2, 0.25) is 0 Å². The van der Waals surface area contributed by atoms with Gasteiger partial charge in [0.15, 0.2) is 0 Å². The molecule has 0 bridgehead atoms. The van der Waals surface area contributed by atoms with E-state index < -0.39 is 5.79 Å². The van der Waals surface area contributed by atoms with E-state index in [0.29, 0.717) is 0 Å². The van der Waals surface area contributed by atoms with Gasteiger partial charge >= 0.3 is 5.97 Å². The normalized spacial score (nSPS) is 18.4. The minimum absolute atomic E-state index is 0.281. The van der Waals surface area contributed by atoms with Crippen molar-refractivity contribution in [2.75, 3.05) is 0 Å². The summed E-state index contributed by atoms with van der Waals surface area (Å²) in [4.78, 5) is 11.4. The molecule has 0 radical (unpaired) electrons. The number of benzene rings is 1. The van der Waals surface area contributed by atoms with Gasteiger partial charge in [0.1, 0.15) is 5.75 Å². The third-order valence-corrected chi connectivity index (χ3v) is 3.79. The highest BCUT2D eigenvalue weighted by Crippen LogP contribution is 2.34. The number of hydrogen-bond donors (Lipinski definition) is 0. The molecule has 0 atom stereocenters. The zero-order valence-corrected chi connectivity index (χ0v) is 12.7. The molecule has 3 nitrogen and oxygen atoms in total. The fraction of sp³-hybridized carbons (Fsp3) is 0.533. The first-order valence-corrected chi connectivity index (χ1v) is 7.53. The summed E-state index contributed by atoms with van der Waals surface area (Å²) in [5, 5.41) is 0. The van der Waals surface area contributed by atoms with E-state index in [1.165, 1.54) is 19.8 Å². The second-order valence-electron chi connectivity index (χ2n) is 4.98. The van der Waals surface area contributed by atoms with Gasteiger partial charge in [-0.1, -0.05) is 34.8 Å². The van der Waals surface area contributed by atoms with Crippen LogP contribution in [0.25, 0.3) is 0 Å². The van der Waals surface area contributed by atoms with Gasteiger partial charge in [0.25, 0.3) is 5.79 Å². The zero-order valence-electron chi connectivity index (χ0n) is 11.2. The van der Waals surface area contributed by atoms with Crippen LogP contribution in [-0.4, -0.2) is 11.8 Å². The lowest BCUT2D eigenvalue weighted by molar-refractivity contribution is -0.200. The number of ether oxygens (including phenoxy) is 2. The molecule has 104 valence electrons. The van der Waals surface area contributed by atoms with Crippen molar-refractivity contribution in [3.05, 3.63) is 28.7 Å². The van der Waals surface area contributed by atoms with E-state index in [2.05, 4.69) is 15.9 Å². The maximum atomic E-state index is 11.4. The van der Waals surface area contributed by atoms with E-state index in [9.17, 15) is 4.79 Å². The Morgan fingerprint density at radius 1 is 1.21 bits per heavy atom. The van der Waals surface area contributed by atoms with Gasteiger partial charge in [-0.05, 0) is 31.0 Å². The number of carbonyl (C=O) groups excluding carboxylic acids is 1. The van der Waals surface area contributed by atoms with Crippen molar-refractivity contribution >= 4 is 21.9 Å². The van der Waals surface area contributed by atoms with Crippen LogP contribution in [0.3, 0.4) is 0 Å². The second kappa shape index (κ2) is 6.42. The maximum absolute atomic E-state index is 11.4. The average Bonchev–Trinajstić information content (AvgIpc) is 2.54. The summed E-state index contributed by atoms with van der Waals surface area (Å²) in [6, 6.07) is 7.65. The van der Waals surface area contributed by atoms with Crippen molar-refractivity contribution < 1.29 is 14.3 Å². The number of esters is 1. The molecule has 0 aliphatic heterocycles. The first-order valence-electron chi connectivity index (χ1n) is 6.74. The van der Waals surface area contributed by atoms with Crippen LogP contribution < -0.4 is 4.74 Å². The topological polar surface area (TPSA) is 35.5 Å². The summed E-state index contributed by atoms with van der Waals surface area (Å²) in [7, 11) is 0. The summed E-state index contributed by atoms with van der Waals surface area (Å²) in [5.41, 5.74) is 0. The third kappa shape index (κ3) is 4.23. The van der Waals surface area contributed by atoms with Crippen LogP contribution in [0.15, 0.2) is 28.7 Å². The highest BCUT2D eigenvalue weighted by atomic mass is 79.9. The van der Waals surface area contributed by atoms with Crippen molar-refractivity contribution in [3.8, 4) is 5.75 Å². The smallest absolute Gasteiger partial charge is 0.305 e. The Bertz CT molecular complexity index is 437. The van der Waals surface area contributed by atoms with Gasteiger partial charge in [-0.25, -0.2) is 0 Å². The second-order valence-corrected chi connectivity index (χ2v) is 5.89. The van der Waals surface area contributed by atoms with Crippen LogP contribution in [0.4, 0.5) is 0 Å². The van der Waals surface area contributed by atoms with Crippen LogP contribution in [0.1, 0.15) is 45.4 Å². The molecule has 0 amide bonds. The molecule has 2 rings (SSSR count). The molecule has 0 aromatic heterocycles. The fourth-order valence-electron chi connectivity index (χ4n) is 2.50. The van der Waals surface area contributed by atoms with Gasteiger partial charge in [0.2, 0.25) is 0 Å². The van der Waals surface area contributed by atoms with Crippen LogP contribution in [0, 0.1) is 0 Å². The summed E-state index contributed by atoms with van der Waals surface area (Å²) >= 11 is 3.42. The number of rotatable bonds is 3. The van der Waals surface area contributed by atoms with Gasteiger partial charge in [-0.2, -0.15) is 0 Å². The first-order chi connectivity index (χ1) is 9.10. The van der Waals surface area contributed by atoms with Crippen molar-refractivity contribution in [2.24, 2.45) is 0 Å². The first kappa shape index (κ1) is 14.4. The van der Waals surface area contributed by atoms with E-state index in [1.54, 1.807) is 0 Å². The molecule has 0 saturated heterocycles. The highest BCUT2D eigenvalue weighted by molar-refractivity contribution is 9.10. The van der Waals surface area contributed by atoms with Crippen molar-refractivity contribution in [2.45, 2.75) is 51.2 Å². The van der Waals surface area contributed by atoms with E-state index in [-0.39, 0.29) is 5.97 Å². The van der Waals surface area contributed by atoms with Gasteiger partial charge in [-0.3, -0.25) is 4.79 Å². The van der Waals surface area contributed by atoms with Crippen LogP contribution >= 0.6 is 15.9 Å². The fourth-order valence-corrected chi connectivity index (χ4v) is 2.88. The highest BCUT2D eigenvalue weighted by Gasteiger charge is 2.36. The lowest BCUT2D eigenvalue weighted by Gasteiger charge is -2.32. The molecule has 0 N–H and O–H groups in total. The Labute approximate surface area is 122 Å². The molecule has 1 aliphatic rings. The molecule has 1 aromatic rings. The Hall–Kier alpha value is -1.03. The molecule has 0 unspecified atom stereocenters. The van der Waals surface area contributed by atoms with E-state index in [4.69, 9.17) is 9.47 Å². The predicted octanol–water partition coefficient (Wildman–Crippen LogP) is 4.44. The molecule has 1 aromatic carbocycles. The lowest BCUT2D eigenvalue weighted by Crippen LogP contribution is -2.40. The molecule has 19 heavy (non-hydrogen) atoms. The van der Waals surface area contributed by atoms with Crippen molar-refractivity contribution in [1.82, 2.24) is 0 Å². The molecular weight excluding hydrogens is 308 g/mol. The predicted molar refractivity (Wildman–Crippen MR) is 77.0 cm³/mol. The molecular formula is C15H19BrO3. The summed E-state index contributed by atoms with van der Waals surface area (Å²) in [5.74, 6) is -0.335. The lowest BCUT2D eigenvalue weighted by atomic mass is 10.1. The van der Waals surface area contributed by atoms with E-state index >= 15 is 0 Å². The monoisotopic (exact) mass is 326 g/mol. The molecule has 1 saturated carbocycles. The minimum Gasteiger partial charge on any atom is -0.452 e. The molecule has 0 spiro atoms. The molecule has 1 aliphatic carbocycles. The summed E-state index contributed by atoms with van der Waals surface area (Å²) in [6.07, 6.45) is 5.93. The standard InChI is InChI=1S/C15H19BrO3/c1-12(17)18-15(9-4-2-3-5-10-15)19-14-8-6-7-13(16)11-14/h6-8,11H,2-5,9-10H2,1H3. The SMILES string of the molecule is CC(=O)OC1(Oc2cccc(Br)c2)CCCCCC1. The van der Waals surface area contributed by atoms with Gasteiger partial charge in [0, 0.05) is 24.2 Å². The van der Waals surface area contributed by atoms with Gasteiger partial charge < -0.3 is 9.47 Å².